The van der Waals surface area contributed by atoms with Crippen molar-refractivity contribution < 1.29 is 0 Å². The van der Waals surface area contributed by atoms with E-state index in [2.05, 4.69) is 27.9 Å². The highest BCUT2D eigenvalue weighted by atomic mass is 15.2. The molecule has 2 N–H and O–H groups in total. The van der Waals surface area contributed by atoms with Gasteiger partial charge in [-0.1, -0.05) is 26.2 Å². The van der Waals surface area contributed by atoms with Gasteiger partial charge in [0.2, 0.25) is 0 Å². The summed E-state index contributed by atoms with van der Waals surface area (Å²) in [6, 6.07) is 2.73. The number of rotatable bonds is 5. The summed E-state index contributed by atoms with van der Waals surface area (Å²) >= 11 is 0. The van der Waals surface area contributed by atoms with Crippen molar-refractivity contribution in [2.75, 3.05) is 18.0 Å². The zero-order valence-corrected chi connectivity index (χ0v) is 11.3. The van der Waals surface area contributed by atoms with Gasteiger partial charge in [-0.25, -0.2) is 9.97 Å². The highest BCUT2D eigenvalue weighted by molar-refractivity contribution is 5.40. The van der Waals surface area contributed by atoms with Crippen molar-refractivity contribution in [2.24, 2.45) is 5.73 Å². The molecule has 0 radical (unpaired) electrons. The molecule has 0 amide bonds. The Morgan fingerprint density at radius 1 is 1.28 bits per heavy atom. The molecule has 100 valence electrons. The summed E-state index contributed by atoms with van der Waals surface area (Å²) in [7, 11) is 0. The van der Waals surface area contributed by atoms with Crippen LogP contribution in [-0.2, 0) is 6.42 Å². The maximum atomic E-state index is 5.76. The van der Waals surface area contributed by atoms with Gasteiger partial charge in [0.15, 0.2) is 0 Å². The lowest BCUT2D eigenvalue weighted by atomic mass is 9.94. The summed E-state index contributed by atoms with van der Waals surface area (Å²) in [5, 5.41) is 0. The predicted molar refractivity (Wildman–Crippen MR) is 74.7 cm³/mol. The first-order chi connectivity index (χ1) is 8.85. The van der Waals surface area contributed by atoms with E-state index in [1.165, 1.54) is 32.1 Å². The van der Waals surface area contributed by atoms with Gasteiger partial charge in [-0.15, -0.1) is 0 Å². The van der Waals surface area contributed by atoms with Gasteiger partial charge in [-0.3, -0.25) is 0 Å². The molecule has 1 heterocycles. The highest BCUT2D eigenvalue weighted by Crippen LogP contribution is 2.26. The summed E-state index contributed by atoms with van der Waals surface area (Å²) in [4.78, 5) is 11.1. The van der Waals surface area contributed by atoms with Crippen molar-refractivity contribution >= 4 is 5.82 Å². The molecule has 1 aromatic heterocycles. The van der Waals surface area contributed by atoms with Crippen LogP contribution in [0.1, 0.15) is 44.7 Å². The van der Waals surface area contributed by atoms with E-state index in [0.717, 1.165) is 24.5 Å². The zero-order chi connectivity index (χ0) is 12.8. The second-order valence-electron chi connectivity index (χ2n) is 4.99. The van der Waals surface area contributed by atoms with Gasteiger partial charge in [0.25, 0.3) is 0 Å². The van der Waals surface area contributed by atoms with Crippen LogP contribution < -0.4 is 10.6 Å². The van der Waals surface area contributed by atoms with Crippen LogP contribution in [-0.4, -0.2) is 29.1 Å². The van der Waals surface area contributed by atoms with Crippen molar-refractivity contribution in [1.29, 1.82) is 0 Å². The molecule has 0 unspecified atom stereocenters. The van der Waals surface area contributed by atoms with Gasteiger partial charge in [-0.05, 0) is 19.3 Å². The minimum Gasteiger partial charge on any atom is -0.352 e. The summed E-state index contributed by atoms with van der Waals surface area (Å²) in [5.74, 6) is 1.05. The van der Waals surface area contributed by atoms with E-state index in [0.29, 0.717) is 12.6 Å². The fourth-order valence-electron chi connectivity index (χ4n) is 2.75. The summed E-state index contributed by atoms with van der Waals surface area (Å²) < 4.78 is 0. The van der Waals surface area contributed by atoms with Crippen LogP contribution in [0.2, 0.25) is 0 Å². The molecule has 0 bridgehead atoms. The SMILES string of the molecule is CCc1cc(N(CCN)C2CCCCC2)ncn1. The molecule has 0 atom stereocenters. The first-order valence-electron chi connectivity index (χ1n) is 7.12. The Bertz CT molecular complexity index is 361. The lowest BCUT2D eigenvalue weighted by Gasteiger charge is -2.35. The van der Waals surface area contributed by atoms with E-state index in [-0.39, 0.29) is 0 Å². The molecule has 0 spiro atoms. The Labute approximate surface area is 110 Å². The number of aryl methyl sites for hydroxylation is 1. The van der Waals surface area contributed by atoms with Crippen molar-refractivity contribution in [3.8, 4) is 0 Å². The Kier molecular flexibility index (Phi) is 4.93. The van der Waals surface area contributed by atoms with Crippen molar-refractivity contribution in [3.05, 3.63) is 18.1 Å². The first kappa shape index (κ1) is 13.3. The van der Waals surface area contributed by atoms with Gasteiger partial charge in [-0.2, -0.15) is 0 Å². The Hall–Kier alpha value is -1.16. The second-order valence-corrected chi connectivity index (χ2v) is 4.99. The fourth-order valence-corrected chi connectivity index (χ4v) is 2.75. The molecule has 4 nitrogen and oxygen atoms in total. The molecule has 1 aliphatic carbocycles. The summed E-state index contributed by atoms with van der Waals surface area (Å²) in [5.41, 5.74) is 6.87. The maximum Gasteiger partial charge on any atom is 0.132 e. The monoisotopic (exact) mass is 248 g/mol. The van der Waals surface area contributed by atoms with Gasteiger partial charge in [0.1, 0.15) is 12.1 Å². The molecule has 0 aromatic carbocycles. The number of hydrogen-bond donors (Lipinski definition) is 1. The van der Waals surface area contributed by atoms with Gasteiger partial charge >= 0.3 is 0 Å². The van der Waals surface area contributed by atoms with E-state index < -0.39 is 0 Å². The third kappa shape index (κ3) is 3.19. The van der Waals surface area contributed by atoms with Crippen molar-refractivity contribution in [2.45, 2.75) is 51.5 Å². The molecule has 1 fully saturated rings. The Morgan fingerprint density at radius 3 is 2.72 bits per heavy atom. The smallest absolute Gasteiger partial charge is 0.132 e. The summed E-state index contributed by atoms with van der Waals surface area (Å²) in [6.07, 6.45) is 9.21. The van der Waals surface area contributed by atoms with Crippen LogP contribution in [0.4, 0.5) is 5.82 Å². The quantitative estimate of drug-likeness (QED) is 0.867. The van der Waals surface area contributed by atoms with Crippen LogP contribution in [0.25, 0.3) is 0 Å². The largest absolute Gasteiger partial charge is 0.352 e. The van der Waals surface area contributed by atoms with Gasteiger partial charge < -0.3 is 10.6 Å². The third-order valence-corrected chi connectivity index (χ3v) is 3.75. The number of hydrogen-bond acceptors (Lipinski definition) is 4. The molecule has 2 rings (SSSR count). The average Bonchev–Trinajstić information content (AvgIpc) is 2.46. The highest BCUT2D eigenvalue weighted by Gasteiger charge is 2.21. The summed E-state index contributed by atoms with van der Waals surface area (Å²) in [6.45, 7) is 3.70. The zero-order valence-electron chi connectivity index (χ0n) is 11.3. The Balaban J connectivity index is 2.16. The first-order valence-corrected chi connectivity index (χ1v) is 7.12. The Morgan fingerprint density at radius 2 is 2.06 bits per heavy atom. The van der Waals surface area contributed by atoms with Gasteiger partial charge in [0, 0.05) is 30.9 Å². The lowest BCUT2D eigenvalue weighted by molar-refractivity contribution is 0.414. The number of aromatic nitrogens is 2. The van der Waals surface area contributed by atoms with Gasteiger partial charge in [0.05, 0.1) is 0 Å². The maximum absolute atomic E-state index is 5.76. The van der Waals surface area contributed by atoms with Crippen LogP contribution in [0.15, 0.2) is 12.4 Å². The minimum absolute atomic E-state index is 0.613. The van der Waals surface area contributed by atoms with E-state index in [9.17, 15) is 0 Å². The average molecular weight is 248 g/mol. The van der Waals surface area contributed by atoms with E-state index in [1.807, 2.05) is 0 Å². The van der Waals surface area contributed by atoms with E-state index in [1.54, 1.807) is 6.33 Å². The molecule has 1 aromatic rings. The molecule has 0 saturated heterocycles. The van der Waals surface area contributed by atoms with Crippen LogP contribution in [0, 0.1) is 0 Å². The number of nitrogens with two attached hydrogens (primary N) is 1. The lowest BCUT2D eigenvalue weighted by Crippen LogP contribution is -2.40. The minimum atomic E-state index is 0.613. The van der Waals surface area contributed by atoms with Crippen molar-refractivity contribution in [1.82, 2.24) is 9.97 Å². The topological polar surface area (TPSA) is 55.0 Å². The molecule has 0 aliphatic heterocycles. The predicted octanol–water partition coefficient (Wildman–Crippen LogP) is 2.14. The normalized spacial score (nSPS) is 16.8. The standard InChI is InChI=1S/C14H24N4/c1-2-12-10-14(17-11-16-12)18(9-8-15)13-6-4-3-5-7-13/h10-11,13H,2-9,15H2,1H3. The molecule has 1 aliphatic rings. The van der Waals surface area contributed by atoms with Crippen molar-refractivity contribution in [3.63, 3.8) is 0 Å². The van der Waals surface area contributed by atoms with Crippen LogP contribution in [0.3, 0.4) is 0 Å². The number of nitrogens with zero attached hydrogens (tertiary/aromatic N) is 3. The second kappa shape index (κ2) is 6.69. The third-order valence-electron chi connectivity index (χ3n) is 3.75. The van der Waals surface area contributed by atoms with E-state index in [4.69, 9.17) is 5.73 Å². The molecule has 18 heavy (non-hydrogen) atoms. The fraction of sp³-hybridized carbons (Fsp3) is 0.714. The molecule has 4 heteroatoms. The number of anilines is 1. The molecular weight excluding hydrogens is 224 g/mol. The van der Waals surface area contributed by atoms with Crippen LogP contribution >= 0.6 is 0 Å². The molecular formula is C14H24N4. The van der Waals surface area contributed by atoms with Crippen LogP contribution in [0.5, 0.6) is 0 Å². The van der Waals surface area contributed by atoms with E-state index >= 15 is 0 Å². The molecule has 1 saturated carbocycles.